The predicted octanol–water partition coefficient (Wildman–Crippen LogP) is 12.3. The average molecular weight is 881 g/mol. The number of para-hydroxylation sites is 2. The maximum Gasteiger partial charge on any atom is 0.122 e. The monoisotopic (exact) mass is 881 g/mol. The van der Waals surface area contributed by atoms with Crippen molar-refractivity contribution in [1.29, 1.82) is 5.26 Å². The molecule has 0 aliphatic rings. The predicted molar refractivity (Wildman–Crippen MR) is 219 cm³/mol. The summed E-state index contributed by atoms with van der Waals surface area (Å²) in [4.78, 5) is 9.49. The summed E-state index contributed by atoms with van der Waals surface area (Å²) >= 11 is 0. The Balaban J connectivity index is 0.000000261. The molecular formula is C49H28IrN4O-2. The minimum atomic E-state index is 0. The Morgan fingerprint density at radius 3 is 2.00 bits per heavy atom. The molecule has 0 atom stereocenters. The Morgan fingerprint density at radius 1 is 0.582 bits per heavy atom. The van der Waals surface area contributed by atoms with Crippen LogP contribution in [0.1, 0.15) is 5.56 Å². The third-order valence-electron chi connectivity index (χ3n) is 9.98. The Labute approximate surface area is 329 Å². The normalized spacial score (nSPS) is 11.1. The van der Waals surface area contributed by atoms with Gasteiger partial charge in [-0.3, -0.25) is 4.98 Å². The van der Waals surface area contributed by atoms with Gasteiger partial charge in [0.05, 0.1) is 34.1 Å². The minimum absolute atomic E-state index is 0. The molecular weight excluding hydrogens is 853 g/mol. The second kappa shape index (κ2) is 14.2. The third-order valence-corrected chi connectivity index (χ3v) is 9.98. The van der Waals surface area contributed by atoms with E-state index < -0.39 is 0 Å². The Hall–Kier alpha value is -6.90. The van der Waals surface area contributed by atoms with Crippen molar-refractivity contribution in [2.24, 2.45) is 0 Å². The van der Waals surface area contributed by atoms with Crippen LogP contribution in [-0.2, 0) is 20.1 Å². The fraction of sp³-hybridized carbons (Fsp3) is 0. The number of imidazole rings is 1. The zero-order valence-electron chi connectivity index (χ0n) is 29.2. The molecule has 1 radical (unpaired) electrons. The molecule has 0 amide bonds. The molecule has 0 fully saturated rings. The van der Waals surface area contributed by atoms with Crippen molar-refractivity contribution in [3.63, 3.8) is 0 Å². The van der Waals surface area contributed by atoms with Gasteiger partial charge in [0, 0.05) is 48.0 Å². The molecule has 0 saturated carbocycles. The summed E-state index contributed by atoms with van der Waals surface area (Å²) in [5.74, 6) is 0.756. The van der Waals surface area contributed by atoms with Crippen molar-refractivity contribution in [2.75, 3.05) is 0 Å². The van der Waals surface area contributed by atoms with E-state index in [-0.39, 0.29) is 20.1 Å². The molecule has 0 spiro atoms. The molecule has 0 unspecified atom stereocenters. The van der Waals surface area contributed by atoms with E-state index >= 15 is 0 Å². The fourth-order valence-corrected chi connectivity index (χ4v) is 7.60. The molecule has 4 aromatic heterocycles. The van der Waals surface area contributed by atoms with Crippen LogP contribution in [0.15, 0.2) is 174 Å². The number of rotatable bonds is 2. The molecule has 55 heavy (non-hydrogen) atoms. The van der Waals surface area contributed by atoms with Crippen molar-refractivity contribution in [3.05, 3.63) is 188 Å². The van der Waals surface area contributed by atoms with Crippen molar-refractivity contribution < 1.29 is 24.5 Å². The molecule has 11 rings (SSSR count). The minimum Gasteiger partial charge on any atom is -0.500 e. The van der Waals surface area contributed by atoms with Crippen LogP contribution in [0.3, 0.4) is 0 Å². The number of hydrogen-bond donors (Lipinski definition) is 0. The molecule has 0 bridgehead atoms. The van der Waals surface area contributed by atoms with E-state index in [4.69, 9.17) is 9.40 Å². The van der Waals surface area contributed by atoms with E-state index in [1.54, 1.807) is 12.3 Å². The van der Waals surface area contributed by atoms with Crippen LogP contribution in [0.5, 0.6) is 0 Å². The smallest absolute Gasteiger partial charge is 0.122 e. The molecule has 0 N–H and O–H groups in total. The molecule has 6 heteroatoms. The van der Waals surface area contributed by atoms with E-state index in [1.807, 2.05) is 66.7 Å². The van der Waals surface area contributed by atoms with Crippen LogP contribution in [-0.4, -0.2) is 14.4 Å². The SMILES string of the molecule is N#Cc1ccc2c(c1)oc1c(-c3nc4cccc5c6ccccc6c6ccccc6c6ccccc6n3c45)[c-]ccc12.[Ir].[c-]1ccccc1-c1ccccn1. The number of pyridine rings is 1. The van der Waals surface area contributed by atoms with Gasteiger partial charge in [-0.2, -0.15) is 5.26 Å². The number of aromatic nitrogens is 3. The third kappa shape index (κ3) is 5.75. The van der Waals surface area contributed by atoms with Crippen molar-refractivity contribution >= 4 is 70.8 Å². The molecule has 5 nitrogen and oxygen atoms in total. The molecule has 261 valence electrons. The Kier molecular flexibility index (Phi) is 8.72. The molecule has 0 aliphatic heterocycles. The maximum absolute atomic E-state index is 9.48. The standard InChI is InChI=1S/C38H20N3O.C11H8N.Ir/c39-22-23-19-20-29-31-15-7-16-32(37(31)42-35(29)21-23)38-40-33-17-8-14-30-27-12-4-2-10-25(27)24-9-1-3-11-26(24)28-13-5-6-18-34(28)41(38)36(30)33;1-2-6-10(7-3-1)11-8-4-5-9-12-11;/h1-15,17-21H;1-6,8-9H;/q2*-1;. The first-order chi connectivity index (χ1) is 26.8. The zero-order chi connectivity index (χ0) is 36.0. The number of fused-ring (bicyclic) bond motifs is 10. The van der Waals surface area contributed by atoms with Gasteiger partial charge in [0.2, 0.25) is 0 Å². The second-order valence-electron chi connectivity index (χ2n) is 13.1. The van der Waals surface area contributed by atoms with Gasteiger partial charge in [-0.1, -0.05) is 108 Å². The summed E-state index contributed by atoms with van der Waals surface area (Å²) in [5.41, 5.74) is 7.70. The van der Waals surface area contributed by atoms with Crippen LogP contribution in [0, 0.1) is 23.5 Å². The summed E-state index contributed by atoms with van der Waals surface area (Å²) in [6.07, 6.45) is 1.79. The van der Waals surface area contributed by atoms with E-state index in [1.165, 1.54) is 10.8 Å². The van der Waals surface area contributed by atoms with Gasteiger partial charge in [-0.25, -0.2) is 0 Å². The van der Waals surface area contributed by atoms with Crippen LogP contribution in [0.2, 0.25) is 0 Å². The summed E-state index contributed by atoms with van der Waals surface area (Å²) in [7, 11) is 0. The molecule has 0 saturated heterocycles. The number of nitriles is 1. The van der Waals surface area contributed by atoms with E-state index in [0.29, 0.717) is 16.7 Å². The number of benzene rings is 7. The Bertz CT molecular complexity index is 3250. The summed E-state index contributed by atoms with van der Waals surface area (Å²) in [6.45, 7) is 0. The van der Waals surface area contributed by atoms with Gasteiger partial charge in [-0.15, -0.1) is 54.1 Å². The Morgan fingerprint density at radius 2 is 1.27 bits per heavy atom. The van der Waals surface area contributed by atoms with E-state index in [2.05, 4.69) is 119 Å². The van der Waals surface area contributed by atoms with Gasteiger partial charge in [-0.05, 0) is 57.6 Å². The van der Waals surface area contributed by atoms with E-state index in [0.717, 1.165) is 71.5 Å². The first kappa shape index (κ1) is 33.9. The maximum atomic E-state index is 9.48. The fourth-order valence-electron chi connectivity index (χ4n) is 7.60. The molecule has 0 aliphatic carbocycles. The van der Waals surface area contributed by atoms with Gasteiger partial charge in [0.25, 0.3) is 0 Å². The molecule has 7 aromatic carbocycles. The van der Waals surface area contributed by atoms with Crippen LogP contribution in [0.25, 0.3) is 93.5 Å². The number of hydrogen-bond acceptors (Lipinski definition) is 4. The van der Waals surface area contributed by atoms with Gasteiger partial charge >= 0.3 is 0 Å². The summed E-state index contributed by atoms with van der Waals surface area (Å²) in [5, 5.41) is 18.3. The summed E-state index contributed by atoms with van der Waals surface area (Å²) in [6, 6.07) is 64.2. The molecule has 11 aromatic rings. The van der Waals surface area contributed by atoms with Crippen LogP contribution < -0.4 is 0 Å². The van der Waals surface area contributed by atoms with Crippen molar-refractivity contribution in [3.8, 4) is 28.7 Å². The zero-order valence-corrected chi connectivity index (χ0v) is 31.6. The number of furan rings is 1. The van der Waals surface area contributed by atoms with Crippen molar-refractivity contribution in [1.82, 2.24) is 14.4 Å². The van der Waals surface area contributed by atoms with Gasteiger partial charge in [0.15, 0.2) is 0 Å². The molecule has 4 heterocycles. The summed E-state index contributed by atoms with van der Waals surface area (Å²) < 4.78 is 8.75. The average Bonchev–Trinajstić information content (AvgIpc) is 3.84. The van der Waals surface area contributed by atoms with Crippen LogP contribution >= 0.6 is 0 Å². The van der Waals surface area contributed by atoms with Crippen LogP contribution in [0.4, 0.5) is 0 Å². The van der Waals surface area contributed by atoms with Gasteiger partial charge < -0.3 is 13.8 Å². The first-order valence-electron chi connectivity index (χ1n) is 17.7. The largest absolute Gasteiger partial charge is 0.500 e. The van der Waals surface area contributed by atoms with Crippen molar-refractivity contribution in [2.45, 2.75) is 0 Å². The van der Waals surface area contributed by atoms with Gasteiger partial charge in [0.1, 0.15) is 5.58 Å². The topological polar surface area (TPSA) is 67.1 Å². The second-order valence-corrected chi connectivity index (χ2v) is 13.1. The first-order valence-corrected chi connectivity index (χ1v) is 17.7. The van der Waals surface area contributed by atoms with E-state index in [9.17, 15) is 5.26 Å². The quantitative estimate of drug-likeness (QED) is 0.162. The number of nitrogens with zero attached hydrogens (tertiary/aromatic N) is 4.